The highest BCUT2D eigenvalue weighted by atomic mass is 19.4. The Bertz CT molecular complexity index is 1730. The van der Waals surface area contributed by atoms with Crippen molar-refractivity contribution in [1.29, 1.82) is 0 Å². The molecule has 1 atom stereocenters. The van der Waals surface area contributed by atoms with Crippen LogP contribution in [-0.2, 0) is 10.9 Å². The number of anilines is 1. The molecule has 2 amide bonds. The number of ether oxygens (including phenoxy) is 1. The summed E-state index contributed by atoms with van der Waals surface area (Å²) >= 11 is 0. The maximum absolute atomic E-state index is 13.2. The lowest BCUT2D eigenvalue weighted by molar-refractivity contribution is -0.137. The molecule has 0 saturated carbocycles. The second-order valence-corrected chi connectivity index (χ2v) is 9.41. The molecule has 0 aliphatic heterocycles. The molecule has 0 aliphatic rings. The highest BCUT2D eigenvalue weighted by Crippen LogP contribution is 2.32. The highest BCUT2D eigenvalue weighted by molar-refractivity contribution is 6.08. The molecule has 42 heavy (non-hydrogen) atoms. The average Bonchev–Trinajstić information content (AvgIpc) is 3.00. The summed E-state index contributed by atoms with van der Waals surface area (Å²) in [6, 6.07) is 24.7. The Hall–Kier alpha value is -5.09. The number of methoxy groups -OCH3 is 1. The standard InChI is InChI=1S/C32H25F3N4O3/c1-42-19-28(27-8-4-5-17-36-27)38-30(40)22-11-15-26-21(18-22)12-16-29(37-26)39-31(41)25-7-3-2-6-24(25)20-9-13-23(14-10-20)32(33,34)35/h2-18,28H,19H2,1H3,(H,38,40)(H,37,39,41)/t28-/m1/s1. The number of hydrogen-bond acceptors (Lipinski definition) is 5. The number of hydrogen-bond donors (Lipinski definition) is 2. The quantitative estimate of drug-likeness (QED) is 0.217. The molecule has 0 bridgehead atoms. The first-order valence-electron chi connectivity index (χ1n) is 12.9. The molecule has 0 radical (unpaired) electrons. The maximum Gasteiger partial charge on any atom is 0.416 e. The summed E-state index contributed by atoms with van der Waals surface area (Å²) in [4.78, 5) is 35.0. The Labute approximate surface area is 239 Å². The molecule has 212 valence electrons. The second kappa shape index (κ2) is 12.2. The molecule has 10 heteroatoms. The van der Waals surface area contributed by atoms with Crippen molar-refractivity contribution < 1.29 is 27.5 Å². The third kappa shape index (κ3) is 6.45. The lowest BCUT2D eigenvalue weighted by Crippen LogP contribution is -2.31. The average molecular weight is 571 g/mol. The number of alkyl halides is 3. The fourth-order valence-corrected chi connectivity index (χ4v) is 4.48. The number of amides is 2. The Kier molecular flexibility index (Phi) is 8.26. The third-order valence-electron chi connectivity index (χ3n) is 6.57. The van der Waals surface area contributed by atoms with Crippen molar-refractivity contribution in [1.82, 2.24) is 15.3 Å². The van der Waals surface area contributed by atoms with Crippen molar-refractivity contribution in [3.05, 3.63) is 126 Å². The summed E-state index contributed by atoms with van der Waals surface area (Å²) in [7, 11) is 1.55. The Balaban J connectivity index is 1.32. The first kappa shape index (κ1) is 28.4. The van der Waals surface area contributed by atoms with E-state index in [1.807, 2.05) is 12.1 Å². The first-order valence-corrected chi connectivity index (χ1v) is 12.9. The summed E-state index contributed by atoms with van der Waals surface area (Å²) < 4.78 is 44.2. The molecule has 0 fully saturated rings. The number of halogens is 3. The summed E-state index contributed by atoms with van der Waals surface area (Å²) in [5.41, 5.74) is 2.12. The molecule has 2 N–H and O–H groups in total. The maximum atomic E-state index is 13.2. The number of carbonyl (C=O) groups is 2. The number of rotatable bonds is 8. The monoisotopic (exact) mass is 570 g/mol. The van der Waals surface area contributed by atoms with Gasteiger partial charge in [-0.3, -0.25) is 14.6 Å². The summed E-state index contributed by atoms with van der Waals surface area (Å²) in [6.45, 7) is 0.253. The molecule has 5 rings (SSSR count). The minimum absolute atomic E-state index is 0.253. The van der Waals surface area contributed by atoms with E-state index in [2.05, 4.69) is 20.6 Å². The number of fused-ring (bicyclic) bond motifs is 1. The van der Waals surface area contributed by atoms with E-state index in [9.17, 15) is 22.8 Å². The zero-order chi connectivity index (χ0) is 29.7. The number of carbonyl (C=O) groups excluding carboxylic acids is 2. The smallest absolute Gasteiger partial charge is 0.382 e. The molecule has 0 spiro atoms. The van der Waals surface area contributed by atoms with Crippen LogP contribution in [0.3, 0.4) is 0 Å². The van der Waals surface area contributed by atoms with Crippen LogP contribution in [0.5, 0.6) is 0 Å². The minimum atomic E-state index is -4.45. The normalized spacial score (nSPS) is 12.1. The zero-order valence-corrected chi connectivity index (χ0v) is 22.4. The van der Waals surface area contributed by atoms with Crippen molar-refractivity contribution in [3.8, 4) is 11.1 Å². The van der Waals surface area contributed by atoms with Gasteiger partial charge in [-0.2, -0.15) is 13.2 Å². The third-order valence-corrected chi connectivity index (χ3v) is 6.57. The van der Waals surface area contributed by atoms with E-state index in [1.54, 1.807) is 74.0 Å². The van der Waals surface area contributed by atoms with E-state index in [1.165, 1.54) is 12.1 Å². The van der Waals surface area contributed by atoms with E-state index < -0.39 is 23.7 Å². The van der Waals surface area contributed by atoms with Gasteiger partial charge in [0.1, 0.15) is 5.82 Å². The van der Waals surface area contributed by atoms with Crippen molar-refractivity contribution in [3.63, 3.8) is 0 Å². The van der Waals surface area contributed by atoms with Gasteiger partial charge in [0.15, 0.2) is 0 Å². The lowest BCUT2D eigenvalue weighted by Gasteiger charge is -2.17. The lowest BCUT2D eigenvalue weighted by atomic mass is 9.98. The van der Waals surface area contributed by atoms with Gasteiger partial charge in [0.2, 0.25) is 0 Å². The van der Waals surface area contributed by atoms with E-state index in [0.717, 1.165) is 12.1 Å². The number of nitrogens with zero attached hydrogens (tertiary/aromatic N) is 2. The van der Waals surface area contributed by atoms with Gasteiger partial charge in [-0.05, 0) is 71.8 Å². The van der Waals surface area contributed by atoms with E-state index in [0.29, 0.717) is 33.3 Å². The molecule has 0 aliphatic carbocycles. The van der Waals surface area contributed by atoms with E-state index in [-0.39, 0.29) is 23.9 Å². The predicted molar refractivity (Wildman–Crippen MR) is 153 cm³/mol. The summed E-state index contributed by atoms with van der Waals surface area (Å²) in [6.07, 6.45) is -2.80. The minimum Gasteiger partial charge on any atom is -0.382 e. The van der Waals surface area contributed by atoms with Gasteiger partial charge in [-0.1, -0.05) is 36.4 Å². The fourth-order valence-electron chi connectivity index (χ4n) is 4.48. The molecule has 0 unspecified atom stereocenters. The van der Waals surface area contributed by atoms with E-state index >= 15 is 0 Å². The number of pyridine rings is 2. The Morgan fingerprint density at radius 3 is 2.36 bits per heavy atom. The first-order chi connectivity index (χ1) is 20.2. The SMILES string of the molecule is COC[C@@H](NC(=O)c1ccc2nc(NC(=O)c3ccccc3-c3ccc(C(F)(F)F)cc3)ccc2c1)c1ccccn1. The van der Waals surface area contributed by atoms with Crippen molar-refractivity contribution >= 4 is 28.5 Å². The van der Waals surface area contributed by atoms with Crippen molar-refractivity contribution in [2.45, 2.75) is 12.2 Å². The largest absolute Gasteiger partial charge is 0.416 e. The van der Waals surface area contributed by atoms with Gasteiger partial charge < -0.3 is 15.4 Å². The predicted octanol–water partition coefficient (Wildman–Crippen LogP) is 6.69. The van der Waals surface area contributed by atoms with Crippen LogP contribution in [0.25, 0.3) is 22.0 Å². The highest BCUT2D eigenvalue weighted by Gasteiger charge is 2.30. The van der Waals surface area contributed by atoms with Gasteiger partial charge in [0, 0.05) is 29.8 Å². The molecule has 2 heterocycles. The zero-order valence-electron chi connectivity index (χ0n) is 22.4. The summed E-state index contributed by atoms with van der Waals surface area (Å²) in [5.74, 6) is -0.490. The molecule has 0 saturated heterocycles. The van der Waals surface area contributed by atoms with Crippen LogP contribution < -0.4 is 10.6 Å². The van der Waals surface area contributed by atoms with Crippen LogP contribution in [0, 0.1) is 0 Å². The Morgan fingerprint density at radius 2 is 1.64 bits per heavy atom. The molecule has 2 aromatic heterocycles. The fraction of sp³-hybridized carbons (Fsp3) is 0.125. The molecular weight excluding hydrogens is 545 g/mol. The van der Waals surface area contributed by atoms with Crippen LogP contribution in [-0.4, -0.2) is 35.5 Å². The molecule has 5 aromatic rings. The van der Waals surface area contributed by atoms with E-state index in [4.69, 9.17) is 4.74 Å². The Morgan fingerprint density at radius 1 is 0.881 bits per heavy atom. The molecule has 3 aromatic carbocycles. The van der Waals surface area contributed by atoms with Crippen LogP contribution in [0.1, 0.15) is 38.0 Å². The van der Waals surface area contributed by atoms with Gasteiger partial charge in [0.25, 0.3) is 11.8 Å². The van der Waals surface area contributed by atoms with Gasteiger partial charge in [0.05, 0.1) is 29.4 Å². The number of nitrogens with one attached hydrogen (secondary N) is 2. The van der Waals surface area contributed by atoms with Crippen molar-refractivity contribution in [2.75, 3.05) is 19.0 Å². The van der Waals surface area contributed by atoms with Gasteiger partial charge in [-0.15, -0.1) is 0 Å². The van der Waals surface area contributed by atoms with Crippen LogP contribution in [0.2, 0.25) is 0 Å². The van der Waals surface area contributed by atoms with Crippen LogP contribution in [0.15, 0.2) is 103 Å². The molecular formula is C32H25F3N4O3. The topological polar surface area (TPSA) is 93.2 Å². The van der Waals surface area contributed by atoms with Crippen molar-refractivity contribution in [2.24, 2.45) is 0 Å². The second-order valence-electron chi connectivity index (χ2n) is 9.41. The number of benzene rings is 3. The molecule has 7 nitrogen and oxygen atoms in total. The van der Waals surface area contributed by atoms with Crippen LogP contribution >= 0.6 is 0 Å². The van der Waals surface area contributed by atoms with Gasteiger partial charge >= 0.3 is 6.18 Å². The van der Waals surface area contributed by atoms with Crippen LogP contribution in [0.4, 0.5) is 19.0 Å². The number of aromatic nitrogens is 2. The van der Waals surface area contributed by atoms with Gasteiger partial charge in [-0.25, -0.2) is 4.98 Å². The summed E-state index contributed by atoms with van der Waals surface area (Å²) in [5, 5.41) is 6.39.